The number of rotatable bonds is 6. The molecule has 2 aromatic carbocycles. The monoisotopic (exact) mass is 355 g/mol. The molecule has 1 heterocycles. The first kappa shape index (κ1) is 17.5. The van der Waals surface area contributed by atoms with Gasteiger partial charge in [-0.05, 0) is 30.3 Å². The van der Waals surface area contributed by atoms with Crippen LogP contribution in [0.3, 0.4) is 0 Å². The average Bonchev–Trinajstić information content (AvgIpc) is 3.16. The van der Waals surface area contributed by atoms with Gasteiger partial charge in [-0.1, -0.05) is 12.1 Å². The predicted octanol–water partition coefficient (Wildman–Crippen LogP) is 3.87. The summed E-state index contributed by atoms with van der Waals surface area (Å²) in [5.74, 6) is 0.595. The maximum absolute atomic E-state index is 13.9. The Kier molecular flexibility index (Phi) is 4.93. The second-order valence-electron chi connectivity index (χ2n) is 5.50. The van der Waals surface area contributed by atoms with Crippen LogP contribution in [-0.4, -0.2) is 31.7 Å². The molecule has 0 spiro atoms. The molecule has 3 rings (SSSR count). The van der Waals surface area contributed by atoms with Gasteiger partial charge in [0, 0.05) is 23.5 Å². The minimum Gasteiger partial charge on any atom is -0.493 e. The zero-order valence-electron chi connectivity index (χ0n) is 14.7. The van der Waals surface area contributed by atoms with Crippen LogP contribution < -0.4 is 14.2 Å². The van der Waals surface area contributed by atoms with E-state index >= 15 is 0 Å². The van der Waals surface area contributed by atoms with Crippen LogP contribution in [-0.2, 0) is 0 Å². The molecule has 0 saturated carbocycles. The Labute approximate surface area is 150 Å². The van der Waals surface area contributed by atoms with Gasteiger partial charge in [0.15, 0.2) is 17.3 Å². The second-order valence-corrected chi connectivity index (χ2v) is 5.50. The molecule has 0 atom stereocenters. The number of carbonyl (C=O) groups is 1. The predicted molar refractivity (Wildman–Crippen MR) is 95.3 cm³/mol. The van der Waals surface area contributed by atoms with Gasteiger partial charge in [0.2, 0.25) is 5.75 Å². The van der Waals surface area contributed by atoms with Crippen molar-refractivity contribution in [3.05, 3.63) is 71.8 Å². The number of hydrogen-bond donors (Lipinski definition) is 0. The smallest absolute Gasteiger partial charge is 0.203 e. The minimum atomic E-state index is -0.366. The molecule has 0 bridgehead atoms. The Bertz CT molecular complexity index is 923. The highest BCUT2D eigenvalue weighted by Gasteiger charge is 2.19. The van der Waals surface area contributed by atoms with Gasteiger partial charge in [0.1, 0.15) is 5.82 Å². The van der Waals surface area contributed by atoms with E-state index in [4.69, 9.17) is 14.2 Å². The first-order valence-corrected chi connectivity index (χ1v) is 7.86. The molecule has 6 heteroatoms. The summed E-state index contributed by atoms with van der Waals surface area (Å²) in [7, 11) is 4.47. The molecule has 0 radical (unpaired) electrons. The Morgan fingerprint density at radius 2 is 1.58 bits per heavy atom. The summed E-state index contributed by atoms with van der Waals surface area (Å²) in [5, 5.41) is 0. The van der Waals surface area contributed by atoms with Gasteiger partial charge in [-0.2, -0.15) is 0 Å². The van der Waals surface area contributed by atoms with E-state index in [-0.39, 0.29) is 11.6 Å². The number of carbonyl (C=O) groups excluding carboxylic acids is 1. The lowest BCUT2D eigenvalue weighted by atomic mass is 10.0. The molecule has 0 N–H and O–H groups in total. The third-order valence-corrected chi connectivity index (χ3v) is 4.01. The van der Waals surface area contributed by atoms with Gasteiger partial charge in [-0.3, -0.25) is 4.79 Å². The van der Waals surface area contributed by atoms with E-state index in [2.05, 4.69) is 0 Å². The largest absolute Gasteiger partial charge is 0.493 e. The van der Waals surface area contributed by atoms with Crippen LogP contribution in [0.2, 0.25) is 0 Å². The number of nitrogens with zero attached hydrogens (tertiary/aromatic N) is 1. The van der Waals surface area contributed by atoms with Gasteiger partial charge in [-0.25, -0.2) is 4.39 Å². The third-order valence-electron chi connectivity index (χ3n) is 4.01. The molecule has 0 saturated heterocycles. The number of ether oxygens (including phenoxy) is 3. The standard InChI is InChI=1S/C20H18FNO4/c1-24-17-10-14(11-18(25-2)20(17)26-3)19(23)13-8-9-22(12-13)16-7-5-4-6-15(16)21/h4-12H,1-3H3. The molecule has 134 valence electrons. The molecule has 0 unspecified atom stereocenters. The summed E-state index contributed by atoms with van der Waals surface area (Å²) in [5.41, 5.74) is 1.17. The van der Waals surface area contributed by atoms with Crippen molar-refractivity contribution < 1.29 is 23.4 Å². The van der Waals surface area contributed by atoms with Crippen molar-refractivity contribution in [2.24, 2.45) is 0 Å². The number of para-hydroxylation sites is 1. The van der Waals surface area contributed by atoms with E-state index in [9.17, 15) is 9.18 Å². The molecule has 0 aliphatic rings. The fraction of sp³-hybridized carbons (Fsp3) is 0.150. The number of hydrogen-bond acceptors (Lipinski definition) is 4. The van der Waals surface area contributed by atoms with E-state index in [0.29, 0.717) is 34.1 Å². The maximum atomic E-state index is 13.9. The quantitative estimate of drug-likeness (QED) is 0.630. The van der Waals surface area contributed by atoms with E-state index in [0.717, 1.165) is 0 Å². The molecular formula is C20H18FNO4. The highest BCUT2D eigenvalue weighted by Crippen LogP contribution is 2.38. The number of aromatic nitrogens is 1. The van der Waals surface area contributed by atoms with Crippen LogP contribution in [0.4, 0.5) is 4.39 Å². The van der Waals surface area contributed by atoms with Crippen LogP contribution in [0, 0.1) is 5.82 Å². The molecule has 0 fully saturated rings. The summed E-state index contributed by atoms with van der Waals surface area (Å²) in [4.78, 5) is 12.9. The fourth-order valence-electron chi connectivity index (χ4n) is 2.72. The fourth-order valence-corrected chi connectivity index (χ4v) is 2.72. The second kappa shape index (κ2) is 7.31. The lowest BCUT2D eigenvalue weighted by Crippen LogP contribution is -2.03. The van der Waals surface area contributed by atoms with Gasteiger partial charge in [-0.15, -0.1) is 0 Å². The highest BCUT2D eigenvalue weighted by molar-refractivity contribution is 6.09. The molecular weight excluding hydrogens is 337 g/mol. The van der Waals surface area contributed by atoms with Gasteiger partial charge in [0.25, 0.3) is 0 Å². The Morgan fingerprint density at radius 1 is 0.923 bits per heavy atom. The van der Waals surface area contributed by atoms with Crippen molar-refractivity contribution in [3.63, 3.8) is 0 Å². The molecule has 0 amide bonds. The SMILES string of the molecule is COc1cc(C(=O)c2ccn(-c3ccccc3F)c2)cc(OC)c1OC. The van der Waals surface area contributed by atoms with Crippen LogP contribution in [0.15, 0.2) is 54.9 Å². The van der Waals surface area contributed by atoms with E-state index in [1.54, 1.807) is 53.4 Å². The Balaban J connectivity index is 1.99. The van der Waals surface area contributed by atoms with Crippen LogP contribution in [0.5, 0.6) is 17.2 Å². The number of methoxy groups -OCH3 is 3. The van der Waals surface area contributed by atoms with E-state index in [1.165, 1.54) is 27.4 Å². The van der Waals surface area contributed by atoms with E-state index in [1.807, 2.05) is 0 Å². The lowest BCUT2D eigenvalue weighted by molar-refractivity contribution is 0.103. The molecule has 0 aliphatic heterocycles. The topological polar surface area (TPSA) is 49.7 Å². The summed E-state index contributed by atoms with van der Waals surface area (Å²) in [6.07, 6.45) is 3.23. The van der Waals surface area contributed by atoms with Crippen LogP contribution in [0.1, 0.15) is 15.9 Å². The summed E-state index contributed by atoms with van der Waals surface area (Å²) in [6, 6.07) is 11.2. The number of benzene rings is 2. The van der Waals surface area contributed by atoms with Gasteiger partial charge >= 0.3 is 0 Å². The molecule has 1 aromatic heterocycles. The highest BCUT2D eigenvalue weighted by atomic mass is 19.1. The van der Waals surface area contributed by atoms with Crippen molar-refractivity contribution in [2.75, 3.05) is 21.3 Å². The van der Waals surface area contributed by atoms with Gasteiger partial charge in [0.05, 0.1) is 27.0 Å². The molecule has 3 aromatic rings. The average molecular weight is 355 g/mol. The van der Waals surface area contributed by atoms with Crippen LogP contribution in [0.25, 0.3) is 5.69 Å². The summed E-state index contributed by atoms with van der Waals surface area (Å²) < 4.78 is 31.3. The van der Waals surface area contributed by atoms with Crippen molar-refractivity contribution in [1.29, 1.82) is 0 Å². The summed E-state index contributed by atoms with van der Waals surface area (Å²) in [6.45, 7) is 0. The normalized spacial score (nSPS) is 10.5. The first-order valence-electron chi connectivity index (χ1n) is 7.86. The number of halogens is 1. The Hall–Kier alpha value is -3.28. The van der Waals surface area contributed by atoms with Crippen molar-refractivity contribution in [3.8, 4) is 22.9 Å². The first-order chi connectivity index (χ1) is 12.6. The molecule has 0 aliphatic carbocycles. The zero-order chi connectivity index (χ0) is 18.7. The number of ketones is 1. The maximum Gasteiger partial charge on any atom is 0.203 e. The van der Waals surface area contributed by atoms with Crippen molar-refractivity contribution >= 4 is 5.78 Å². The Morgan fingerprint density at radius 3 is 2.15 bits per heavy atom. The zero-order valence-corrected chi connectivity index (χ0v) is 14.7. The molecule has 26 heavy (non-hydrogen) atoms. The molecule has 5 nitrogen and oxygen atoms in total. The van der Waals surface area contributed by atoms with Gasteiger partial charge < -0.3 is 18.8 Å². The van der Waals surface area contributed by atoms with Crippen LogP contribution >= 0.6 is 0 Å². The lowest BCUT2D eigenvalue weighted by Gasteiger charge is -2.13. The third kappa shape index (κ3) is 3.13. The van der Waals surface area contributed by atoms with Crippen molar-refractivity contribution in [1.82, 2.24) is 4.57 Å². The van der Waals surface area contributed by atoms with E-state index < -0.39 is 0 Å². The summed E-state index contributed by atoms with van der Waals surface area (Å²) >= 11 is 0. The minimum absolute atomic E-state index is 0.237. The van der Waals surface area contributed by atoms with Crippen molar-refractivity contribution in [2.45, 2.75) is 0 Å².